The molecule has 4 aromatic carbocycles. The van der Waals surface area contributed by atoms with E-state index in [0.29, 0.717) is 48.4 Å². The zero-order valence-corrected chi connectivity index (χ0v) is 55.9. The molecule has 13 N–H and O–H groups in total. The standard InChI is InChI=1S/C30H39NO4.C29H37NO4.C8H9NO3.C7H7NO3.CH4O.ClH/c1-3-4-5-6-7-8-9-10-11-12-13-14-15-16-17-18-19-20-21-22-29(33)31-26-23-24-28(32)27(25-26)30(34)35-2;1-2-3-4-5-6-7-8-9-10-11-12-13-14-15-16-17-18-19-20-21-28(32)30-25-22-23-27(31)26(24-25)29(33)34;1-12-8(11)6-4-5(9)2-3-7(6)10;8-4-1-2-6(9)5(3-4)7(10)11;1-2;/h4-5,7-8,10-11,13-14,16-17,19-20,23-25,32H,3,6,9,12,15,18,21-22H2,1-2H3,(H,31,33);3-4,6-7,9-10,12-13,15-16,18-19,22-24,31H,2,5,8,11,14,17,20-21H2,1H3,(H,30,32)(H,33,34);2-4,10H,9H2,1H3;1-3,9H,8H2,(H,10,11);2H,1H3;1H/b5-4-,8-7-,11-10-,14-13-,17-16-,20-19-;4-3-,7-6-,10-9-,13-12-,16-15-,19-18-;;;;. The number of carbonyl (C=O) groups excluding carboxylic acids is 4. The number of hydrogen-bond donors (Lipinski definition) is 11. The molecule has 0 fully saturated rings. The number of ether oxygens (including phenoxy) is 2. The number of aromatic hydroxyl groups is 4. The number of phenols is 4. The molecule has 0 radical (unpaired) electrons. The number of rotatable bonds is 34. The monoisotopic (exact) mass is 1330 g/mol. The summed E-state index contributed by atoms with van der Waals surface area (Å²) in [6.45, 7) is 4.28. The molecule has 95 heavy (non-hydrogen) atoms. The summed E-state index contributed by atoms with van der Waals surface area (Å²) in [5.41, 5.74) is 11.9. The van der Waals surface area contributed by atoms with Gasteiger partial charge in [-0.25, -0.2) is 19.2 Å². The molecule has 4 rings (SSSR count). The van der Waals surface area contributed by atoms with Crippen molar-refractivity contribution >= 4 is 70.8 Å². The molecule has 19 nitrogen and oxygen atoms in total. The molecule has 0 bridgehead atoms. The van der Waals surface area contributed by atoms with Gasteiger partial charge in [0.15, 0.2) is 0 Å². The number of aliphatic hydroxyl groups excluding tert-OH is 1. The van der Waals surface area contributed by atoms with E-state index in [1.807, 2.05) is 24.3 Å². The minimum atomic E-state index is -1.24. The third kappa shape index (κ3) is 44.7. The number of phenolic OH excluding ortho intramolecular Hbond substituents is 2. The summed E-state index contributed by atoms with van der Waals surface area (Å²) >= 11 is 0. The van der Waals surface area contributed by atoms with Gasteiger partial charge in [0.25, 0.3) is 0 Å². The molecule has 0 aliphatic rings. The lowest BCUT2D eigenvalue weighted by Gasteiger charge is -2.07. The lowest BCUT2D eigenvalue weighted by Crippen LogP contribution is -2.11. The Balaban J connectivity index is 0. The van der Waals surface area contributed by atoms with E-state index in [9.17, 15) is 44.1 Å². The number of allylic oxidation sites excluding steroid dienone is 24. The van der Waals surface area contributed by atoms with Gasteiger partial charge in [-0.2, -0.15) is 0 Å². The molecule has 20 heteroatoms. The number of carboxylic acid groups (broad SMARTS) is 2. The van der Waals surface area contributed by atoms with Gasteiger partial charge in [0.1, 0.15) is 45.3 Å². The van der Waals surface area contributed by atoms with Gasteiger partial charge in [0, 0.05) is 42.7 Å². The lowest BCUT2D eigenvalue weighted by molar-refractivity contribution is -0.116. The number of carbonyl (C=O) groups is 6. The summed E-state index contributed by atoms with van der Waals surface area (Å²) in [6, 6.07) is 16.4. The van der Waals surface area contributed by atoms with Crippen LogP contribution in [0, 0.1) is 0 Å². The van der Waals surface area contributed by atoms with E-state index in [4.69, 9.17) is 31.9 Å². The molecular weight excluding hydrogens is 1230 g/mol. The highest BCUT2D eigenvalue weighted by Crippen LogP contribution is 2.24. The Labute approximate surface area is 566 Å². The number of anilines is 4. The van der Waals surface area contributed by atoms with Crippen LogP contribution in [0.2, 0.25) is 0 Å². The average Bonchev–Trinajstić information content (AvgIpc) is 1.01. The Morgan fingerprint density at radius 3 is 0.874 bits per heavy atom. The van der Waals surface area contributed by atoms with E-state index in [1.54, 1.807) is 0 Å². The van der Waals surface area contributed by atoms with Crippen molar-refractivity contribution in [1.82, 2.24) is 0 Å². The first-order valence-electron chi connectivity index (χ1n) is 30.7. The van der Waals surface area contributed by atoms with Crippen molar-refractivity contribution < 1.29 is 74.0 Å². The van der Waals surface area contributed by atoms with Crippen molar-refractivity contribution in [2.75, 3.05) is 43.4 Å². The molecule has 514 valence electrons. The fraction of sp³-hybridized carbons (Fsp3) is 0.280. The van der Waals surface area contributed by atoms with Crippen molar-refractivity contribution in [2.45, 2.75) is 117 Å². The average molecular weight is 1330 g/mol. The number of aliphatic hydroxyl groups is 1. The SMILES string of the molecule is CC/C=C\C/C=C\C/C=C\C/C=C\C/C=C\C/C=C\CCC(=O)Nc1ccc(O)c(C(=O)O)c1.CC/C=C\C/C=C\C/C=C\C/C=C\C/C=C\C/C=C\CCC(=O)Nc1ccc(O)c(C(=O)OC)c1.CO.COC(=O)c1cc(N)ccc1O.Cl.Nc1ccc(O)c(C(=O)O)c1. The van der Waals surface area contributed by atoms with Gasteiger partial charge in [-0.05, 0) is 163 Å². The number of nitrogens with one attached hydrogen (secondary N) is 2. The lowest BCUT2D eigenvalue weighted by atomic mass is 10.1. The summed E-state index contributed by atoms with van der Waals surface area (Å²) < 4.78 is 9.03. The second-order valence-corrected chi connectivity index (χ2v) is 19.6. The Morgan fingerprint density at radius 2 is 0.600 bits per heavy atom. The molecular formula is C75H97ClN4O15. The smallest absolute Gasteiger partial charge is 0.341 e. The predicted octanol–water partition coefficient (Wildman–Crippen LogP) is 16.6. The van der Waals surface area contributed by atoms with Gasteiger partial charge in [-0.3, -0.25) is 9.59 Å². The summed E-state index contributed by atoms with van der Waals surface area (Å²) in [6.07, 6.45) is 64.7. The van der Waals surface area contributed by atoms with Gasteiger partial charge in [-0.15, -0.1) is 12.4 Å². The molecule has 0 aliphatic heterocycles. The number of aromatic carboxylic acids is 2. The van der Waals surface area contributed by atoms with Crippen LogP contribution in [0.25, 0.3) is 0 Å². The highest BCUT2D eigenvalue weighted by atomic mass is 35.5. The van der Waals surface area contributed by atoms with E-state index >= 15 is 0 Å². The van der Waals surface area contributed by atoms with Crippen molar-refractivity contribution in [2.24, 2.45) is 0 Å². The maximum Gasteiger partial charge on any atom is 0.341 e. The molecule has 0 aromatic heterocycles. The first kappa shape index (κ1) is 86.7. The fourth-order valence-electron chi connectivity index (χ4n) is 7.38. The van der Waals surface area contributed by atoms with Gasteiger partial charge >= 0.3 is 23.9 Å². The molecule has 0 aliphatic carbocycles. The van der Waals surface area contributed by atoms with Crippen LogP contribution in [0.15, 0.2) is 219 Å². The minimum absolute atomic E-state index is 0. The quantitative estimate of drug-likeness (QED) is 0.00896. The number of amides is 2. The van der Waals surface area contributed by atoms with Crippen LogP contribution in [0.1, 0.15) is 158 Å². The number of benzene rings is 4. The Bertz CT molecular complexity index is 3280. The van der Waals surface area contributed by atoms with Crippen LogP contribution in [-0.4, -0.2) is 92.8 Å². The fourth-order valence-corrected chi connectivity index (χ4v) is 7.38. The van der Waals surface area contributed by atoms with E-state index < -0.39 is 23.9 Å². The van der Waals surface area contributed by atoms with Crippen LogP contribution < -0.4 is 22.1 Å². The molecule has 4 aromatic rings. The largest absolute Gasteiger partial charge is 0.507 e. The Morgan fingerprint density at radius 1 is 0.368 bits per heavy atom. The normalized spacial score (nSPS) is 11.3. The van der Waals surface area contributed by atoms with E-state index in [1.165, 1.54) is 87.0 Å². The second-order valence-electron chi connectivity index (χ2n) is 19.6. The number of nitrogens with two attached hydrogens (primary N) is 2. The number of hydrogen-bond acceptors (Lipinski definition) is 15. The van der Waals surface area contributed by atoms with E-state index in [2.05, 4.69) is 155 Å². The molecule has 0 atom stereocenters. The first-order valence-corrected chi connectivity index (χ1v) is 30.7. The molecule has 0 unspecified atom stereocenters. The van der Waals surface area contributed by atoms with Crippen molar-refractivity contribution in [3.63, 3.8) is 0 Å². The van der Waals surface area contributed by atoms with Crippen LogP contribution in [0.5, 0.6) is 23.0 Å². The van der Waals surface area contributed by atoms with Gasteiger partial charge in [0.05, 0.1) is 14.2 Å². The van der Waals surface area contributed by atoms with E-state index in [0.717, 1.165) is 84.2 Å². The Kier molecular flexibility index (Phi) is 52.5. The summed E-state index contributed by atoms with van der Waals surface area (Å²) in [7, 11) is 3.48. The first-order chi connectivity index (χ1) is 45.4. The van der Waals surface area contributed by atoms with Crippen LogP contribution in [-0.2, 0) is 19.1 Å². The van der Waals surface area contributed by atoms with Gasteiger partial charge in [-0.1, -0.05) is 160 Å². The highest BCUT2D eigenvalue weighted by molar-refractivity contribution is 5.97. The highest BCUT2D eigenvalue weighted by Gasteiger charge is 2.15. The van der Waals surface area contributed by atoms with Crippen molar-refractivity contribution in [3.8, 4) is 23.0 Å². The third-order valence-electron chi connectivity index (χ3n) is 12.1. The number of esters is 2. The minimum Gasteiger partial charge on any atom is -0.507 e. The zero-order chi connectivity index (χ0) is 70.0. The second kappa shape index (κ2) is 57.5. The predicted molar refractivity (Wildman–Crippen MR) is 385 cm³/mol. The molecule has 2 amide bonds. The number of halogens is 1. The number of methoxy groups -OCH3 is 2. The van der Waals surface area contributed by atoms with Gasteiger partial charge in [0.2, 0.25) is 11.8 Å². The van der Waals surface area contributed by atoms with Crippen LogP contribution in [0.3, 0.4) is 0 Å². The van der Waals surface area contributed by atoms with Crippen LogP contribution in [0.4, 0.5) is 22.7 Å². The van der Waals surface area contributed by atoms with Crippen LogP contribution >= 0.6 is 12.4 Å². The van der Waals surface area contributed by atoms with E-state index in [-0.39, 0.29) is 69.5 Å². The maximum absolute atomic E-state index is 12.1. The summed E-state index contributed by atoms with van der Waals surface area (Å²) in [5.74, 6) is -4.97. The maximum atomic E-state index is 12.1. The molecule has 0 saturated carbocycles. The Hall–Kier alpha value is -10.4. The number of carboxylic acids is 2. The summed E-state index contributed by atoms with van der Waals surface area (Å²) in [5, 5.41) is 67.2. The third-order valence-corrected chi connectivity index (χ3v) is 12.1. The molecule has 0 spiro atoms. The van der Waals surface area contributed by atoms with Crippen molar-refractivity contribution in [3.05, 3.63) is 241 Å². The van der Waals surface area contributed by atoms with Crippen molar-refractivity contribution in [1.29, 1.82) is 0 Å². The zero-order valence-electron chi connectivity index (χ0n) is 55.1. The topological polar surface area (TPSA) is 339 Å². The van der Waals surface area contributed by atoms with Gasteiger partial charge < -0.3 is 67.3 Å². The molecule has 0 heterocycles. The number of nitrogen functional groups attached to an aromatic ring is 2. The molecule has 0 saturated heterocycles. The summed E-state index contributed by atoms with van der Waals surface area (Å²) in [4.78, 5) is 68.0.